The van der Waals surface area contributed by atoms with Crippen LogP contribution in [-0.2, 0) is 4.74 Å². The average molecular weight is 501 g/mol. The van der Waals surface area contributed by atoms with Gasteiger partial charge in [0.2, 0.25) is 5.82 Å². The maximum absolute atomic E-state index is 15.1. The van der Waals surface area contributed by atoms with Gasteiger partial charge >= 0.3 is 0 Å². The highest BCUT2D eigenvalue weighted by Crippen LogP contribution is 2.37. The summed E-state index contributed by atoms with van der Waals surface area (Å²) in [4.78, 5) is 0. The van der Waals surface area contributed by atoms with Gasteiger partial charge in [0.05, 0.1) is 19.3 Å². The van der Waals surface area contributed by atoms with E-state index in [4.69, 9.17) is 9.47 Å². The first-order valence-corrected chi connectivity index (χ1v) is 12.8. The van der Waals surface area contributed by atoms with E-state index < -0.39 is 29.4 Å². The third kappa shape index (κ3) is 5.59. The zero-order valence-electron chi connectivity index (χ0n) is 20.8. The van der Waals surface area contributed by atoms with Gasteiger partial charge in [0.15, 0.2) is 23.2 Å². The van der Waals surface area contributed by atoms with Gasteiger partial charge in [-0.05, 0) is 55.4 Å². The van der Waals surface area contributed by atoms with Gasteiger partial charge < -0.3 is 9.47 Å². The van der Waals surface area contributed by atoms with Crippen LogP contribution >= 0.6 is 0 Å². The lowest BCUT2D eigenvalue weighted by molar-refractivity contribution is -0.0218. The lowest BCUT2D eigenvalue weighted by Crippen LogP contribution is -2.21. The first-order valence-electron chi connectivity index (χ1n) is 12.8. The van der Waals surface area contributed by atoms with Gasteiger partial charge in [0, 0.05) is 16.7 Å². The van der Waals surface area contributed by atoms with Gasteiger partial charge in [-0.1, -0.05) is 62.6 Å². The topological polar surface area (TPSA) is 18.5 Å². The molecule has 0 aliphatic carbocycles. The Balaban J connectivity index is 1.49. The first-order chi connectivity index (χ1) is 17.4. The van der Waals surface area contributed by atoms with Crippen LogP contribution in [0.3, 0.4) is 0 Å². The molecule has 1 aliphatic heterocycles. The van der Waals surface area contributed by atoms with E-state index in [1.807, 2.05) is 0 Å². The van der Waals surface area contributed by atoms with Crippen LogP contribution in [0.5, 0.6) is 5.75 Å². The number of ether oxygens (including phenoxy) is 2. The molecular formula is C30H32F4O2. The molecule has 1 aliphatic rings. The van der Waals surface area contributed by atoms with E-state index in [1.54, 1.807) is 43.3 Å². The summed E-state index contributed by atoms with van der Waals surface area (Å²) < 4.78 is 70.0. The van der Waals surface area contributed by atoms with Crippen molar-refractivity contribution in [2.24, 2.45) is 5.92 Å². The molecule has 0 N–H and O–H groups in total. The van der Waals surface area contributed by atoms with Crippen molar-refractivity contribution < 1.29 is 27.0 Å². The van der Waals surface area contributed by atoms with Crippen molar-refractivity contribution in [1.82, 2.24) is 0 Å². The van der Waals surface area contributed by atoms with Gasteiger partial charge in [0.1, 0.15) is 0 Å². The Morgan fingerprint density at radius 3 is 1.97 bits per heavy atom. The van der Waals surface area contributed by atoms with Crippen LogP contribution in [0.2, 0.25) is 0 Å². The van der Waals surface area contributed by atoms with Crippen LogP contribution in [0.25, 0.3) is 22.3 Å². The molecule has 1 saturated heterocycles. The Morgan fingerprint density at radius 1 is 0.750 bits per heavy atom. The molecule has 1 fully saturated rings. The number of hydrogen-bond acceptors (Lipinski definition) is 2. The fourth-order valence-corrected chi connectivity index (χ4v) is 4.85. The first kappa shape index (κ1) is 26.2. The molecular weight excluding hydrogens is 468 g/mol. The van der Waals surface area contributed by atoms with Crippen molar-refractivity contribution in [1.29, 1.82) is 0 Å². The molecule has 36 heavy (non-hydrogen) atoms. The predicted molar refractivity (Wildman–Crippen MR) is 134 cm³/mol. The maximum Gasteiger partial charge on any atom is 0.201 e. The molecule has 0 radical (unpaired) electrons. The van der Waals surface area contributed by atoms with Crippen molar-refractivity contribution in [3.05, 3.63) is 77.4 Å². The summed E-state index contributed by atoms with van der Waals surface area (Å²) in [5.74, 6) is -3.58. The SMILES string of the molecule is CCCCCC1CCC(c2ccc(-c3ccc(-c4ccc(OCC)c(F)c4F)cc3)c(F)c2F)OC1. The van der Waals surface area contributed by atoms with E-state index in [9.17, 15) is 8.78 Å². The molecule has 2 nitrogen and oxygen atoms in total. The highest BCUT2D eigenvalue weighted by molar-refractivity contribution is 5.71. The van der Waals surface area contributed by atoms with Crippen LogP contribution in [-0.4, -0.2) is 13.2 Å². The smallest absolute Gasteiger partial charge is 0.201 e. The monoisotopic (exact) mass is 500 g/mol. The molecule has 3 aromatic carbocycles. The molecule has 0 aromatic heterocycles. The fraction of sp³-hybridized carbons (Fsp3) is 0.400. The second kappa shape index (κ2) is 11.9. The Morgan fingerprint density at radius 2 is 1.39 bits per heavy atom. The van der Waals surface area contributed by atoms with E-state index in [0.29, 0.717) is 30.1 Å². The van der Waals surface area contributed by atoms with Crippen molar-refractivity contribution >= 4 is 0 Å². The molecule has 4 rings (SSSR count). The number of rotatable bonds is 9. The van der Waals surface area contributed by atoms with Crippen molar-refractivity contribution in [2.45, 2.75) is 58.5 Å². The average Bonchev–Trinajstić information content (AvgIpc) is 2.90. The largest absolute Gasteiger partial charge is 0.491 e. The van der Waals surface area contributed by atoms with Gasteiger partial charge in [-0.2, -0.15) is 4.39 Å². The van der Waals surface area contributed by atoms with Crippen LogP contribution < -0.4 is 4.74 Å². The molecule has 0 bridgehead atoms. The highest BCUT2D eigenvalue weighted by atomic mass is 19.2. The second-order valence-corrected chi connectivity index (χ2v) is 9.34. The Kier molecular flexibility index (Phi) is 8.68. The van der Waals surface area contributed by atoms with Crippen LogP contribution in [0.4, 0.5) is 17.6 Å². The highest BCUT2D eigenvalue weighted by Gasteiger charge is 2.27. The van der Waals surface area contributed by atoms with E-state index >= 15 is 8.78 Å². The molecule has 2 atom stereocenters. The van der Waals surface area contributed by atoms with Crippen molar-refractivity contribution in [3.8, 4) is 28.0 Å². The molecule has 0 spiro atoms. The molecule has 0 amide bonds. The van der Waals surface area contributed by atoms with Gasteiger partial charge in [-0.15, -0.1) is 0 Å². The van der Waals surface area contributed by atoms with Crippen LogP contribution in [0.1, 0.15) is 64.0 Å². The summed E-state index contributed by atoms with van der Waals surface area (Å²) in [7, 11) is 0. The molecule has 1 heterocycles. The minimum Gasteiger partial charge on any atom is -0.491 e. The van der Waals surface area contributed by atoms with E-state index in [1.165, 1.54) is 31.4 Å². The summed E-state index contributed by atoms with van der Waals surface area (Å²) in [5, 5.41) is 0. The van der Waals surface area contributed by atoms with Crippen LogP contribution in [0, 0.1) is 29.2 Å². The van der Waals surface area contributed by atoms with Crippen LogP contribution in [0.15, 0.2) is 48.5 Å². The summed E-state index contributed by atoms with van der Waals surface area (Å²) in [6, 6.07) is 12.2. The van der Waals surface area contributed by atoms with Gasteiger partial charge in [-0.3, -0.25) is 0 Å². The standard InChI is InChI=1S/C30H32F4O2/c1-3-5-6-7-19-8-16-25(36-18-19)24-14-13-22(27(31)29(24)33)20-9-11-21(12-10-20)23-15-17-26(35-4-2)30(34)28(23)32/h9-15,17,19,25H,3-8,16,18H2,1-2H3. The lowest BCUT2D eigenvalue weighted by atomic mass is 9.90. The van der Waals surface area contributed by atoms with Gasteiger partial charge in [-0.25, -0.2) is 13.2 Å². The summed E-state index contributed by atoms with van der Waals surface area (Å²) in [6.45, 7) is 4.65. The van der Waals surface area contributed by atoms with E-state index in [0.717, 1.165) is 12.8 Å². The Bertz CT molecular complexity index is 1170. The third-order valence-corrected chi connectivity index (χ3v) is 6.90. The molecule has 192 valence electrons. The second-order valence-electron chi connectivity index (χ2n) is 9.34. The lowest BCUT2D eigenvalue weighted by Gasteiger charge is -2.29. The van der Waals surface area contributed by atoms with Crippen molar-refractivity contribution in [2.75, 3.05) is 13.2 Å². The van der Waals surface area contributed by atoms with Crippen molar-refractivity contribution in [3.63, 3.8) is 0 Å². The van der Waals surface area contributed by atoms with E-state index in [2.05, 4.69) is 6.92 Å². The Labute approximate surface area is 210 Å². The Hall–Kier alpha value is -2.86. The zero-order chi connectivity index (χ0) is 25.7. The predicted octanol–water partition coefficient (Wildman–Crippen LogP) is 9.02. The third-order valence-electron chi connectivity index (χ3n) is 6.90. The molecule has 3 aromatic rings. The fourth-order valence-electron chi connectivity index (χ4n) is 4.85. The van der Waals surface area contributed by atoms with E-state index in [-0.39, 0.29) is 29.0 Å². The summed E-state index contributed by atoms with van der Waals surface area (Å²) in [5.41, 5.74) is 1.27. The zero-order valence-corrected chi connectivity index (χ0v) is 20.8. The number of unbranched alkanes of at least 4 members (excludes halogenated alkanes) is 2. The maximum atomic E-state index is 15.1. The molecule has 6 heteroatoms. The number of halogens is 4. The number of benzene rings is 3. The minimum absolute atomic E-state index is 0.0620. The number of hydrogen-bond donors (Lipinski definition) is 0. The summed E-state index contributed by atoms with van der Waals surface area (Å²) >= 11 is 0. The molecule has 0 saturated carbocycles. The quantitative estimate of drug-likeness (QED) is 0.216. The normalized spacial score (nSPS) is 17.8. The molecule has 2 unspecified atom stereocenters. The van der Waals surface area contributed by atoms with Gasteiger partial charge in [0.25, 0.3) is 0 Å². The minimum atomic E-state index is -1.06. The summed E-state index contributed by atoms with van der Waals surface area (Å²) in [6.07, 6.45) is 5.83.